The Bertz CT molecular complexity index is 833. The zero-order valence-corrected chi connectivity index (χ0v) is 14.0. The first kappa shape index (κ1) is 18.7. The molecule has 0 heterocycles. The Hall–Kier alpha value is -2.68. The second-order valence-corrected chi connectivity index (χ2v) is 6.53. The van der Waals surface area contributed by atoms with Crippen molar-refractivity contribution in [2.24, 2.45) is 0 Å². The lowest BCUT2D eigenvalue weighted by Crippen LogP contribution is -2.15. The van der Waals surface area contributed by atoms with Crippen LogP contribution in [-0.4, -0.2) is 28.1 Å². The molecule has 0 unspecified atom stereocenters. The molecule has 0 saturated heterocycles. The van der Waals surface area contributed by atoms with Gasteiger partial charge in [-0.1, -0.05) is 6.07 Å². The number of hydrogen-bond acceptors (Lipinski definition) is 5. The Morgan fingerprint density at radius 2 is 1.68 bits per heavy atom. The maximum absolute atomic E-state index is 13.6. The van der Waals surface area contributed by atoms with E-state index in [1.807, 2.05) is 4.72 Å². The van der Waals surface area contributed by atoms with Gasteiger partial charge >= 0.3 is 5.97 Å². The van der Waals surface area contributed by atoms with Crippen LogP contribution in [-0.2, 0) is 19.6 Å². The van der Waals surface area contributed by atoms with Crippen LogP contribution < -0.4 is 9.46 Å². The third kappa shape index (κ3) is 4.90. The highest BCUT2D eigenvalue weighted by molar-refractivity contribution is 7.92. The van der Waals surface area contributed by atoms with Crippen molar-refractivity contribution in [1.82, 2.24) is 0 Å². The summed E-state index contributed by atoms with van der Waals surface area (Å²) in [5.74, 6) is -2.15. The molecule has 2 aromatic carbocycles. The number of nitrogens with one attached hydrogen (secondary N) is 1. The number of carbonyl (C=O) groups excluding carboxylic acids is 1. The van der Waals surface area contributed by atoms with E-state index in [0.29, 0.717) is 5.75 Å². The number of esters is 1. The van der Waals surface area contributed by atoms with Gasteiger partial charge in [0.25, 0.3) is 10.0 Å². The highest BCUT2D eigenvalue weighted by Gasteiger charge is 2.19. The minimum atomic E-state index is -4.17. The fraction of sp³-hybridized carbons (Fsp3) is 0.188. The Morgan fingerprint density at radius 1 is 1.08 bits per heavy atom. The molecule has 0 aromatic heterocycles. The standard InChI is InChI=1S/C16H15F2NO5S/c1-23-15(20)9-10-24-11-5-7-12(8-6-11)25(21,22)19-16-13(17)3-2-4-14(16)18/h2-8,19H,9-10H2,1H3. The van der Waals surface area contributed by atoms with Crippen LogP contribution in [0.5, 0.6) is 5.75 Å². The number of hydrogen-bond donors (Lipinski definition) is 1. The number of benzene rings is 2. The number of ether oxygens (including phenoxy) is 2. The van der Waals surface area contributed by atoms with Crippen LogP contribution in [0.25, 0.3) is 0 Å². The van der Waals surface area contributed by atoms with Crippen molar-refractivity contribution in [1.29, 1.82) is 0 Å². The van der Waals surface area contributed by atoms with Crippen molar-refractivity contribution in [2.75, 3.05) is 18.4 Å². The fourth-order valence-electron chi connectivity index (χ4n) is 1.86. The van der Waals surface area contributed by atoms with Crippen LogP contribution in [0.3, 0.4) is 0 Å². The molecule has 0 aliphatic rings. The molecule has 25 heavy (non-hydrogen) atoms. The molecule has 6 nitrogen and oxygen atoms in total. The monoisotopic (exact) mass is 371 g/mol. The van der Waals surface area contributed by atoms with Gasteiger partial charge in [-0.05, 0) is 36.4 Å². The number of carbonyl (C=O) groups is 1. The molecular weight excluding hydrogens is 356 g/mol. The predicted octanol–water partition coefficient (Wildman–Crippen LogP) is 2.71. The zero-order valence-electron chi connectivity index (χ0n) is 13.2. The molecule has 0 atom stereocenters. The molecule has 0 aliphatic heterocycles. The van der Waals surface area contributed by atoms with Crippen LogP contribution in [0.4, 0.5) is 14.5 Å². The summed E-state index contributed by atoms with van der Waals surface area (Å²) in [5.41, 5.74) is -0.749. The maximum Gasteiger partial charge on any atom is 0.308 e. The summed E-state index contributed by atoms with van der Waals surface area (Å²) in [6.45, 7) is 0.0669. The van der Waals surface area contributed by atoms with Crippen molar-refractivity contribution >= 4 is 21.7 Å². The van der Waals surface area contributed by atoms with E-state index in [-0.39, 0.29) is 17.9 Å². The molecule has 0 fully saturated rings. The highest BCUT2D eigenvalue weighted by Crippen LogP contribution is 2.23. The van der Waals surface area contributed by atoms with Gasteiger partial charge in [-0.2, -0.15) is 0 Å². The van der Waals surface area contributed by atoms with Crippen LogP contribution in [0.1, 0.15) is 6.42 Å². The first-order valence-corrected chi connectivity index (χ1v) is 8.58. The maximum atomic E-state index is 13.6. The van der Waals surface area contributed by atoms with Gasteiger partial charge in [-0.15, -0.1) is 0 Å². The highest BCUT2D eigenvalue weighted by atomic mass is 32.2. The summed E-state index contributed by atoms with van der Waals surface area (Å²) in [5, 5.41) is 0. The van der Waals surface area contributed by atoms with E-state index in [0.717, 1.165) is 18.2 Å². The number of para-hydroxylation sites is 1. The number of anilines is 1. The largest absolute Gasteiger partial charge is 0.493 e. The minimum Gasteiger partial charge on any atom is -0.493 e. The second kappa shape index (κ2) is 7.93. The lowest BCUT2D eigenvalue weighted by atomic mass is 10.3. The SMILES string of the molecule is COC(=O)CCOc1ccc(S(=O)(=O)Nc2c(F)cccc2F)cc1. The third-order valence-corrected chi connectivity index (χ3v) is 4.50. The molecule has 0 aliphatic carbocycles. The van der Waals surface area contributed by atoms with Gasteiger partial charge in [0, 0.05) is 0 Å². The Kier molecular flexibility index (Phi) is 5.92. The van der Waals surface area contributed by atoms with Gasteiger partial charge in [-0.25, -0.2) is 17.2 Å². The molecule has 9 heteroatoms. The number of methoxy groups -OCH3 is 1. The van der Waals surface area contributed by atoms with E-state index in [9.17, 15) is 22.0 Å². The molecular formula is C16H15F2NO5S. The van der Waals surface area contributed by atoms with Gasteiger partial charge in [0.05, 0.1) is 25.0 Å². The van der Waals surface area contributed by atoms with Gasteiger partial charge in [0.2, 0.25) is 0 Å². The molecule has 134 valence electrons. The Morgan fingerprint density at radius 3 is 2.24 bits per heavy atom. The third-order valence-electron chi connectivity index (χ3n) is 3.14. The van der Waals surface area contributed by atoms with Crippen LogP contribution >= 0.6 is 0 Å². The first-order valence-electron chi connectivity index (χ1n) is 7.10. The van der Waals surface area contributed by atoms with Crippen LogP contribution in [0.2, 0.25) is 0 Å². The van der Waals surface area contributed by atoms with Crippen molar-refractivity contribution < 1.29 is 31.5 Å². The smallest absolute Gasteiger partial charge is 0.308 e. The van der Waals surface area contributed by atoms with E-state index in [1.165, 1.54) is 31.4 Å². The Balaban J connectivity index is 2.09. The summed E-state index contributed by atoms with van der Waals surface area (Å²) in [4.78, 5) is 10.8. The number of halogens is 2. The molecule has 0 radical (unpaired) electrons. The summed E-state index contributed by atoms with van der Waals surface area (Å²) in [6, 6.07) is 8.18. The molecule has 0 saturated carbocycles. The van der Waals surface area contributed by atoms with Crippen molar-refractivity contribution in [3.8, 4) is 5.75 Å². The molecule has 2 aromatic rings. The lowest BCUT2D eigenvalue weighted by Gasteiger charge is -2.10. The van der Waals surface area contributed by atoms with E-state index in [1.54, 1.807) is 0 Å². The zero-order chi connectivity index (χ0) is 18.4. The topological polar surface area (TPSA) is 81.7 Å². The fourth-order valence-corrected chi connectivity index (χ4v) is 2.93. The summed E-state index contributed by atoms with van der Waals surface area (Å²) < 4.78 is 63.2. The Labute approximate surface area is 143 Å². The average Bonchev–Trinajstić information content (AvgIpc) is 2.58. The van der Waals surface area contributed by atoms with Gasteiger partial charge in [0.1, 0.15) is 23.1 Å². The van der Waals surface area contributed by atoms with Gasteiger partial charge in [-0.3, -0.25) is 9.52 Å². The summed E-state index contributed by atoms with van der Waals surface area (Å²) in [7, 11) is -2.92. The van der Waals surface area contributed by atoms with E-state index < -0.39 is 33.3 Å². The minimum absolute atomic E-state index is 0.0463. The molecule has 0 amide bonds. The number of sulfonamides is 1. The van der Waals surface area contributed by atoms with Crippen molar-refractivity contribution in [3.63, 3.8) is 0 Å². The summed E-state index contributed by atoms with van der Waals surface area (Å²) in [6.07, 6.45) is 0.0463. The normalized spacial score (nSPS) is 11.0. The first-order chi connectivity index (χ1) is 11.8. The molecule has 0 spiro atoms. The average molecular weight is 371 g/mol. The van der Waals surface area contributed by atoms with Crippen LogP contribution in [0, 0.1) is 11.6 Å². The predicted molar refractivity (Wildman–Crippen MR) is 85.7 cm³/mol. The summed E-state index contributed by atoms with van der Waals surface area (Å²) >= 11 is 0. The molecule has 0 bridgehead atoms. The van der Waals surface area contributed by atoms with E-state index >= 15 is 0 Å². The quantitative estimate of drug-likeness (QED) is 0.757. The molecule has 1 N–H and O–H groups in total. The van der Waals surface area contributed by atoms with E-state index in [2.05, 4.69) is 4.74 Å². The van der Waals surface area contributed by atoms with Gasteiger partial charge < -0.3 is 9.47 Å². The molecule has 2 rings (SSSR count). The van der Waals surface area contributed by atoms with Crippen molar-refractivity contribution in [2.45, 2.75) is 11.3 Å². The second-order valence-electron chi connectivity index (χ2n) is 4.85. The lowest BCUT2D eigenvalue weighted by molar-refractivity contribution is -0.141. The van der Waals surface area contributed by atoms with Gasteiger partial charge in [0.15, 0.2) is 0 Å². The number of rotatable bonds is 7. The van der Waals surface area contributed by atoms with E-state index in [4.69, 9.17) is 4.74 Å². The van der Waals surface area contributed by atoms with Crippen LogP contribution in [0.15, 0.2) is 47.4 Å². The van der Waals surface area contributed by atoms with Crippen molar-refractivity contribution in [3.05, 3.63) is 54.1 Å².